The van der Waals surface area contributed by atoms with Crippen LogP contribution in [0.3, 0.4) is 0 Å². The van der Waals surface area contributed by atoms with Crippen LogP contribution in [0.5, 0.6) is 5.75 Å². The molecular weight excluding hydrogens is 250 g/mol. The summed E-state index contributed by atoms with van der Waals surface area (Å²) in [6.45, 7) is 6.01. The van der Waals surface area contributed by atoms with Crippen LogP contribution in [0.25, 0.3) is 17.0 Å². The number of benzene rings is 1. The topological polar surface area (TPSA) is 31.2 Å². The third kappa shape index (κ3) is 2.36. The van der Waals surface area contributed by atoms with Crippen molar-refractivity contribution in [3.05, 3.63) is 46.3 Å². The molecular formula is C17H21NO2. The number of pyridine rings is 1. The van der Waals surface area contributed by atoms with Gasteiger partial charge in [0, 0.05) is 24.1 Å². The SMILES string of the molecule is C=Cc1c(OC)ccc2c(CCCC)cc(=O)n(C)c12. The lowest BCUT2D eigenvalue weighted by Gasteiger charge is -2.15. The molecule has 20 heavy (non-hydrogen) atoms. The van der Waals surface area contributed by atoms with Crippen molar-refractivity contribution in [2.75, 3.05) is 7.11 Å². The molecule has 106 valence electrons. The van der Waals surface area contributed by atoms with E-state index in [2.05, 4.69) is 13.5 Å². The van der Waals surface area contributed by atoms with E-state index in [9.17, 15) is 4.79 Å². The molecule has 0 saturated heterocycles. The number of rotatable bonds is 5. The van der Waals surface area contributed by atoms with Crippen molar-refractivity contribution >= 4 is 17.0 Å². The van der Waals surface area contributed by atoms with Gasteiger partial charge in [-0.2, -0.15) is 0 Å². The van der Waals surface area contributed by atoms with Crippen LogP contribution in [0.15, 0.2) is 29.6 Å². The molecule has 0 spiro atoms. The van der Waals surface area contributed by atoms with Gasteiger partial charge in [-0.15, -0.1) is 0 Å². The van der Waals surface area contributed by atoms with Crippen molar-refractivity contribution in [2.24, 2.45) is 7.05 Å². The number of ether oxygens (including phenoxy) is 1. The van der Waals surface area contributed by atoms with Crippen LogP contribution in [0.2, 0.25) is 0 Å². The summed E-state index contributed by atoms with van der Waals surface area (Å²) in [5.74, 6) is 0.746. The van der Waals surface area contributed by atoms with Crippen molar-refractivity contribution in [2.45, 2.75) is 26.2 Å². The summed E-state index contributed by atoms with van der Waals surface area (Å²) in [5, 5.41) is 1.11. The largest absolute Gasteiger partial charge is 0.496 e. The summed E-state index contributed by atoms with van der Waals surface area (Å²) in [4.78, 5) is 12.2. The first-order valence-corrected chi connectivity index (χ1v) is 6.96. The van der Waals surface area contributed by atoms with Crippen molar-refractivity contribution in [3.8, 4) is 5.75 Å². The van der Waals surface area contributed by atoms with E-state index in [0.717, 1.165) is 47.0 Å². The maximum atomic E-state index is 12.2. The van der Waals surface area contributed by atoms with E-state index >= 15 is 0 Å². The lowest BCUT2D eigenvalue weighted by atomic mass is 10.00. The molecule has 2 aromatic rings. The maximum absolute atomic E-state index is 12.2. The van der Waals surface area contributed by atoms with Gasteiger partial charge in [-0.3, -0.25) is 4.79 Å². The van der Waals surface area contributed by atoms with E-state index < -0.39 is 0 Å². The Labute approximate surface area is 119 Å². The predicted molar refractivity (Wildman–Crippen MR) is 84.4 cm³/mol. The van der Waals surface area contributed by atoms with Crippen molar-refractivity contribution in [3.63, 3.8) is 0 Å². The Morgan fingerprint density at radius 2 is 2.15 bits per heavy atom. The molecule has 0 radical (unpaired) electrons. The van der Waals surface area contributed by atoms with Gasteiger partial charge in [0.2, 0.25) is 0 Å². The molecule has 0 amide bonds. The lowest BCUT2D eigenvalue weighted by Crippen LogP contribution is -2.18. The molecule has 0 atom stereocenters. The molecule has 1 heterocycles. The highest BCUT2D eigenvalue weighted by Crippen LogP contribution is 2.30. The Hall–Kier alpha value is -2.03. The minimum Gasteiger partial charge on any atom is -0.496 e. The summed E-state index contributed by atoms with van der Waals surface area (Å²) in [6.07, 6.45) is 4.87. The number of hydrogen-bond acceptors (Lipinski definition) is 2. The number of fused-ring (bicyclic) bond motifs is 1. The first-order valence-electron chi connectivity index (χ1n) is 6.96. The zero-order valence-electron chi connectivity index (χ0n) is 12.4. The average molecular weight is 271 g/mol. The van der Waals surface area contributed by atoms with Crippen LogP contribution in [0.4, 0.5) is 0 Å². The minimum atomic E-state index is 0.0138. The van der Waals surface area contributed by atoms with E-state index in [0.29, 0.717) is 0 Å². The highest BCUT2D eigenvalue weighted by molar-refractivity contribution is 5.92. The first kappa shape index (κ1) is 14.4. The molecule has 0 aliphatic carbocycles. The predicted octanol–water partition coefficient (Wildman–Crippen LogP) is 3.53. The molecule has 3 heteroatoms. The Morgan fingerprint density at radius 1 is 1.40 bits per heavy atom. The molecule has 0 N–H and O–H groups in total. The normalized spacial score (nSPS) is 10.8. The lowest BCUT2D eigenvalue weighted by molar-refractivity contribution is 0.414. The number of aromatic nitrogens is 1. The number of hydrogen-bond donors (Lipinski definition) is 0. The summed E-state index contributed by atoms with van der Waals surface area (Å²) >= 11 is 0. The highest BCUT2D eigenvalue weighted by Gasteiger charge is 2.12. The van der Waals surface area contributed by atoms with Gasteiger partial charge in [0.1, 0.15) is 5.75 Å². The fraction of sp³-hybridized carbons (Fsp3) is 0.353. The van der Waals surface area contributed by atoms with Crippen LogP contribution in [0, 0.1) is 0 Å². The van der Waals surface area contributed by atoms with Crippen LogP contribution < -0.4 is 10.3 Å². The smallest absolute Gasteiger partial charge is 0.251 e. The van der Waals surface area contributed by atoms with E-state index in [4.69, 9.17) is 4.74 Å². The van der Waals surface area contributed by atoms with Crippen molar-refractivity contribution in [1.29, 1.82) is 0 Å². The second kappa shape index (κ2) is 5.95. The molecule has 2 rings (SSSR count). The van der Waals surface area contributed by atoms with E-state index in [1.807, 2.05) is 12.1 Å². The molecule has 1 aromatic heterocycles. The standard InChI is InChI=1S/C17H21NO2/c1-5-7-8-12-11-16(19)18(3)17-13(6-2)15(20-4)10-9-14(12)17/h6,9-11H,2,5,7-8H2,1,3-4H3. The van der Waals surface area contributed by atoms with Gasteiger partial charge in [-0.05, 0) is 30.5 Å². The average Bonchev–Trinajstić information content (AvgIpc) is 2.47. The van der Waals surface area contributed by atoms with Crippen LogP contribution in [-0.4, -0.2) is 11.7 Å². The fourth-order valence-corrected chi connectivity index (χ4v) is 2.59. The molecule has 1 aromatic carbocycles. The van der Waals surface area contributed by atoms with Gasteiger partial charge in [0.15, 0.2) is 0 Å². The highest BCUT2D eigenvalue weighted by atomic mass is 16.5. The molecule has 0 unspecified atom stereocenters. The van der Waals surface area contributed by atoms with Crippen molar-refractivity contribution in [1.82, 2.24) is 4.57 Å². The Morgan fingerprint density at radius 3 is 2.75 bits per heavy atom. The van der Waals surface area contributed by atoms with Gasteiger partial charge in [-0.1, -0.05) is 26.0 Å². The molecule has 0 fully saturated rings. The first-order chi connectivity index (χ1) is 9.63. The summed E-state index contributed by atoms with van der Waals surface area (Å²) in [5.41, 5.74) is 2.90. The molecule has 0 saturated carbocycles. The second-order valence-corrected chi connectivity index (χ2v) is 4.95. The summed E-state index contributed by atoms with van der Waals surface area (Å²) in [7, 11) is 3.42. The number of methoxy groups -OCH3 is 1. The number of unbranched alkanes of at least 4 members (excludes halogenated alkanes) is 1. The van der Waals surface area contributed by atoms with E-state index in [1.54, 1.807) is 30.9 Å². The minimum absolute atomic E-state index is 0.0138. The Bertz CT molecular complexity index is 698. The van der Waals surface area contributed by atoms with Gasteiger partial charge < -0.3 is 9.30 Å². The van der Waals surface area contributed by atoms with Gasteiger partial charge in [0.05, 0.1) is 12.6 Å². The third-order valence-corrected chi connectivity index (χ3v) is 3.71. The Kier molecular flexibility index (Phi) is 4.28. The van der Waals surface area contributed by atoms with Gasteiger partial charge in [0.25, 0.3) is 5.56 Å². The molecule has 3 nitrogen and oxygen atoms in total. The van der Waals surface area contributed by atoms with Gasteiger partial charge >= 0.3 is 0 Å². The Balaban J connectivity index is 2.83. The zero-order valence-corrected chi connectivity index (χ0v) is 12.4. The maximum Gasteiger partial charge on any atom is 0.251 e. The third-order valence-electron chi connectivity index (χ3n) is 3.71. The molecule has 0 aliphatic rings. The van der Waals surface area contributed by atoms with Crippen LogP contribution >= 0.6 is 0 Å². The molecule has 0 aliphatic heterocycles. The van der Waals surface area contributed by atoms with Crippen molar-refractivity contribution < 1.29 is 4.74 Å². The van der Waals surface area contributed by atoms with E-state index in [1.165, 1.54) is 0 Å². The number of nitrogens with zero attached hydrogens (tertiary/aromatic N) is 1. The fourth-order valence-electron chi connectivity index (χ4n) is 2.59. The zero-order chi connectivity index (χ0) is 14.7. The van der Waals surface area contributed by atoms with Gasteiger partial charge in [-0.25, -0.2) is 0 Å². The summed E-state index contributed by atoms with van der Waals surface area (Å²) < 4.78 is 7.04. The number of aryl methyl sites for hydroxylation is 2. The molecule has 0 bridgehead atoms. The monoisotopic (exact) mass is 271 g/mol. The summed E-state index contributed by atoms with van der Waals surface area (Å²) in [6, 6.07) is 5.72. The van der Waals surface area contributed by atoms with Crippen LogP contribution in [0.1, 0.15) is 30.9 Å². The second-order valence-electron chi connectivity index (χ2n) is 4.95. The van der Waals surface area contributed by atoms with E-state index in [-0.39, 0.29) is 5.56 Å². The van der Waals surface area contributed by atoms with Crippen LogP contribution in [-0.2, 0) is 13.5 Å². The quantitative estimate of drug-likeness (QED) is 0.833.